The highest BCUT2D eigenvalue weighted by Gasteiger charge is 2.14. The topological polar surface area (TPSA) is 88.2 Å². The summed E-state index contributed by atoms with van der Waals surface area (Å²) in [5, 5.41) is 3.37. The lowest BCUT2D eigenvalue weighted by Crippen LogP contribution is -2.25. The summed E-state index contributed by atoms with van der Waals surface area (Å²) in [6.07, 6.45) is 3.08. The molecule has 0 aliphatic rings. The van der Waals surface area contributed by atoms with Gasteiger partial charge in [0, 0.05) is 24.2 Å². The van der Waals surface area contributed by atoms with Crippen LogP contribution in [0.3, 0.4) is 0 Å². The number of hydrogen-bond donors (Lipinski definition) is 2. The van der Waals surface area contributed by atoms with Gasteiger partial charge in [-0.2, -0.15) is 0 Å². The van der Waals surface area contributed by atoms with Gasteiger partial charge in [-0.3, -0.25) is 4.79 Å². The smallest absolute Gasteiger partial charge is 0.258 e. The highest BCUT2D eigenvalue weighted by molar-refractivity contribution is 7.98. The van der Waals surface area contributed by atoms with Gasteiger partial charge in [-0.25, -0.2) is 22.5 Å². The zero-order valence-corrected chi connectivity index (χ0v) is 18.8. The lowest BCUT2D eigenvalue weighted by atomic mass is 10.2. The zero-order chi connectivity index (χ0) is 23.0. The number of sulfonamides is 1. The van der Waals surface area contributed by atoms with Crippen LogP contribution in [0.2, 0.25) is 0 Å². The van der Waals surface area contributed by atoms with Crippen LogP contribution in [0, 0.1) is 5.82 Å². The van der Waals surface area contributed by atoms with Crippen LogP contribution in [0.1, 0.15) is 21.5 Å². The Bertz CT molecular complexity index is 1180. The molecule has 0 saturated carbocycles. The molecule has 0 atom stereocenters. The van der Waals surface area contributed by atoms with Crippen molar-refractivity contribution < 1.29 is 17.6 Å². The van der Waals surface area contributed by atoms with Crippen molar-refractivity contribution in [1.82, 2.24) is 9.71 Å². The first kappa shape index (κ1) is 23.6. The predicted molar refractivity (Wildman–Crippen MR) is 125 cm³/mol. The molecule has 0 radical (unpaired) electrons. The molecule has 1 aromatic heterocycles. The lowest BCUT2D eigenvalue weighted by molar-refractivity contribution is 0.102. The molecule has 2 aromatic carbocycles. The minimum atomic E-state index is -3.45. The summed E-state index contributed by atoms with van der Waals surface area (Å²) in [4.78, 5) is 17.1. The first-order valence-corrected chi connectivity index (χ1v) is 12.3. The molecule has 32 heavy (non-hydrogen) atoms. The van der Waals surface area contributed by atoms with E-state index in [0.29, 0.717) is 27.6 Å². The van der Waals surface area contributed by atoms with Crippen LogP contribution in [0.25, 0.3) is 0 Å². The van der Waals surface area contributed by atoms with Gasteiger partial charge in [0.25, 0.3) is 5.91 Å². The fourth-order valence-electron chi connectivity index (χ4n) is 2.75. The van der Waals surface area contributed by atoms with E-state index in [-0.39, 0.29) is 24.0 Å². The number of nitrogens with one attached hydrogen (secondary N) is 2. The van der Waals surface area contributed by atoms with Crippen LogP contribution >= 0.6 is 11.8 Å². The number of amides is 1. The largest absolute Gasteiger partial charge is 0.322 e. The molecule has 3 rings (SSSR count). The average Bonchev–Trinajstić information content (AvgIpc) is 2.78. The second-order valence-corrected chi connectivity index (χ2v) is 9.59. The molecule has 0 bridgehead atoms. The van der Waals surface area contributed by atoms with Crippen LogP contribution in [0.5, 0.6) is 0 Å². The second kappa shape index (κ2) is 11.0. The van der Waals surface area contributed by atoms with Crippen molar-refractivity contribution in [3.8, 4) is 0 Å². The van der Waals surface area contributed by atoms with Crippen molar-refractivity contribution in [3.05, 3.63) is 102 Å². The van der Waals surface area contributed by atoms with Crippen LogP contribution in [-0.4, -0.2) is 25.9 Å². The van der Waals surface area contributed by atoms with E-state index in [9.17, 15) is 17.6 Å². The number of carbonyl (C=O) groups excluding carboxylic acids is 1. The van der Waals surface area contributed by atoms with Gasteiger partial charge in [-0.05, 0) is 47.5 Å². The summed E-state index contributed by atoms with van der Waals surface area (Å²) < 4.78 is 39.4. The number of anilines is 1. The Balaban J connectivity index is 1.64. The van der Waals surface area contributed by atoms with E-state index in [1.165, 1.54) is 30.0 Å². The number of halogens is 1. The van der Waals surface area contributed by atoms with E-state index in [4.69, 9.17) is 0 Å². The van der Waals surface area contributed by atoms with Gasteiger partial charge < -0.3 is 5.32 Å². The van der Waals surface area contributed by atoms with Crippen molar-refractivity contribution in [2.75, 3.05) is 11.9 Å². The van der Waals surface area contributed by atoms with Gasteiger partial charge in [0.2, 0.25) is 10.0 Å². The van der Waals surface area contributed by atoms with Gasteiger partial charge in [0.1, 0.15) is 10.8 Å². The van der Waals surface area contributed by atoms with Gasteiger partial charge in [-0.15, -0.1) is 18.3 Å². The van der Waals surface area contributed by atoms with Crippen molar-refractivity contribution >= 4 is 33.4 Å². The number of benzene rings is 2. The normalized spacial score (nSPS) is 11.2. The van der Waals surface area contributed by atoms with Crippen molar-refractivity contribution in [1.29, 1.82) is 0 Å². The van der Waals surface area contributed by atoms with Crippen LogP contribution in [-0.2, 0) is 21.5 Å². The highest BCUT2D eigenvalue weighted by atomic mass is 32.2. The van der Waals surface area contributed by atoms with Gasteiger partial charge in [-0.1, -0.05) is 30.3 Å². The SMILES string of the molecule is C=CCNS(=O)(=O)Cc1ccc(NC(=O)c2cccnc2SCc2ccc(F)cc2)cc1. The lowest BCUT2D eigenvalue weighted by Gasteiger charge is -2.10. The molecule has 166 valence electrons. The summed E-state index contributed by atoms with van der Waals surface area (Å²) in [5.74, 6) is -0.247. The van der Waals surface area contributed by atoms with Crippen LogP contribution in [0.4, 0.5) is 10.1 Å². The molecule has 1 amide bonds. The standard InChI is InChI=1S/C23H22FN3O3S2/c1-2-13-26-32(29,30)16-18-7-11-20(12-8-18)27-22(28)21-4-3-14-25-23(21)31-15-17-5-9-19(24)10-6-17/h2-12,14,26H,1,13,15-16H2,(H,27,28). The summed E-state index contributed by atoms with van der Waals surface area (Å²) in [7, 11) is -3.45. The average molecular weight is 472 g/mol. The molecule has 0 saturated heterocycles. The first-order valence-electron chi connectivity index (χ1n) is 9.67. The number of aromatic nitrogens is 1. The molecule has 3 aromatic rings. The molecule has 2 N–H and O–H groups in total. The Labute approximate surface area is 191 Å². The Hall–Kier alpha value is -3.01. The maximum atomic E-state index is 13.1. The Morgan fingerprint density at radius 3 is 2.44 bits per heavy atom. The van der Waals surface area contributed by atoms with Crippen LogP contribution < -0.4 is 10.0 Å². The maximum absolute atomic E-state index is 13.1. The second-order valence-electron chi connectivity index (χ2n) is 6.82. The Morgan fingerprint density at radius 1 is 1.06 bits per heavy atom. The minimum Gasteiger partial charge on any atom is -0.322 e. The predicted octanol–water partition coefficient (Wildman–Crippen LogP) is 4.37. The van der Waals surface area contributed by atoms with Gasteiger partial charge in [0.15, 0.2) is 0 Å². The third-order valence-corrected chi connectivity index (χ3v) is 6.72. The first-order chi connectivity index (χ1) is 15.4. The molecule has 9 heteroatoms. The summed E-state index contributed by atoms with van der Waals surface area (Å²) in [5.41, 5.74) is 2.46. The molecular weight excluding hydrogens is 449 g/mol. The van der Waals surface area contributed by atoms with Crippen LogP contribution in [0.15, 0.2) is 84.5 Å². The monoisotopic (exact) mass is 471 g/mol. The van der Waals surface area contributed by atoms with Crippen molar-refractivity contribution in [2.45, 2.75) is 16.5 Å². The summed E-state index contributed by atoms with van der Waals surface area (Å²) >= 11 is 1.39. The number of carbonyl (C=O) groups is 1. The highest BCUT2D eigenvalue weighted by Crippen LogP contribution is 2.25. The molecule has 1 heterocycles. The third-order valence-electron chi connectivity index (χ3n) is 4.32. The van der Waals surface area contributed by atoms with E-state index in [1.54, 1.807) is 54.7 Å². The van der Waals surface area contributed by atoms with Crippen molar-refractivity contribution in [2.24, 2.45) is 0 Å². The summed E-state index contributed by atoms with van der Waals surface area (Å²) in [6.45, 7) is 3.65. The Morgan fingerprint density at radius 2 is 1.75 bits per heavy atom. The minimum absolute atomic E-state index is 0.165. The number of thioether (sulfide) groups is 1. The number of rotatable bonds is 10. The fraction of sp³-hybridized carbons (Fsp3) is 0.130. The third kappa shape index (κ3) is 7.01. The Kier molecular flexibility index (Phi) is 8.15. The molecule has 0 aliphatic heterocycles. The van der Waals surface area contributed by atoms with E-state index >= 15 is 0 Å². The molecular formula is C23H22FN3O3S2. The van der Waals surface area contributed by atoms with Crippen molar-refractivity contribution in [3.63, 3.8) is 0 Å². The van der Waals surface area contributed by atoms with E-state index in [1.807, 2.05) is 0 Å². The van der Waals surface area contributed by atoms with Gasteiger partial charge in [0.05, 0.1) is 11.3 Å². The molecule has 0 aliphatic carbocycles. The molecule has 0 fully saturated rings. The number of pyridine rings is 1. The van der Waals surface area contributed by atoms with E-state index in [0.717, 1.165) is 5.56 Å². The van der Waals surface area contributed by atoms with E-state index in [2.05, 4.69) is 21.6 Å². The zero-order valence-electron chi connectivity index (χ0n) is 17.1. The molecule has 6 nitrogen and oxygen atoms in total. The van der Waals surface area contributed by atoms with Gasteiger partial charge >= 0.3 is 0 Å². The number of hydrogen-bond acceptors (Lipinski definition) is 5. The quantitative estimate of drug-likeness (QED) is 0.339. The number of nitrogens with zero attached hydrogens (tertiary/aromatic N) is 1. The molecule has 0 spiro atoms. The maximum Gasteiger partial charge on any atom is 0.258 e. The van der Waals surface area contributed by atoms with E-state index < -0.39 is 10.0 Å². The summed E-state index contributed by atoms with van der Waals surface area (Å²) in [6, 6.07) is 16.1. The molecule has 0 unspecified atom stereocenters. The fourth-order valence-corrected chi connectivity index (χ4v) is 4.80.